The Morgan fingerprint density at radius 1 is 1.21 bits per heavy atom. The highest BCUT2D eigenvalue weighted by atomic mass is 16.2. The molecule has 0 bridgehead atoms. The summed E-state index contributed by atoms with van der Waals surface area (Å²) >= 11 is 0. The maximum absolute atomic E-state index is 11.8. The Bertz CT molecular complexity index is 728. The third-order valence-corrected chi connectivity index (χ3v) is 4.97. The Morgan fingerprint density at radius 2 is 1.96 bits per heavy atom. The molecule has 24 heavy (non-hydrogen) atoms. The van der Waals surface area contributed by atoms with Crippen molar-refractivity contribution in [2.75, 3.05) is 37.3 Å². The fourth-order valence-electron chi connectivity index (χ4n) is 3.49. The van der Waals surface area contributed by atoms with Gasteiger partial charge < -0.3 is 15.5 Å². The predicted octanol–water partition coefficient (Wildman–Crippen LogP) is 2.89. The van der Waals surface area contributed by atoms with Crippen LogP contribution < -0.4 is 10.6 Å². The number of piperidine rings is 1. The molecule has 0 atom stereocenters. The van der Waals surface area contributed by atoms with Crippen LogP contribution in [-0.4, -0.2) is 47.0 Å². The van der Waals surface area contributed by atoms with Gasteiger partial charge in [-0.05, 0) is 56.6 Å². The molecule has 0 aliphatic carbocycles. The lowest BCUT2D eigenvalue weighted by molar-refractivity contribution is 0.0902. The zero-order valence-electron chi connectivity index (χ0n) is 14.0. The number of likely N-dealkylation sites (tertiary alicyclic amines) is 1. The quantitative estimate of drug-likeness (QED) is 0.908. The first-order valence-corrected chi connectivity index (χ1v) is 8.61. The van der Waals surface area contributed by atoms with Gasteiger partial charge in [0.1, 0.15) is 0 Å². The minimum Gasteiger partial charge on any atom is -0.355 e. The first kappa shape index (κ1) is 15.2. The lowest BCUT2D eigenvalue weighted by Gasteiger charge is -2.29. The van der Waals surface area contributed by atoms with Crippen molar-refractivity contribution in [3.63, 3.8) is 0 Å². The molecular weight excluding hydrogens is 302 g/mol. The Hall–Kier alpha value is -2.34. The first-order chi connectivity index (χ1) is 11.7. The van der Waals surface area contributed by atoms with Crippen LogP contribution in [0.25, 0.3) is 0 Å². The Balaban J connectivity index is 1.45. The number of rotatable bonds is 3. The fraction of sp³-hybridized carbons (Fsp3) is 0.444. The fourth-order valence-corrected chi connectivity index (χ4v) is 3.49. The predicted molar refractivity (Wildman–Crippen MR) is 95.2 cm³/mol. The van der Waals surface area contributed by atoms with Gasteiger partial charge in [-0.3, -0.25) is 9.36 Å². The first-order valence-electron chi connectivity index (χ1n) is 8.61. The molecule has 2 N–H and O–H groups in total. The van der Waals surface area contributed by atoms with Gasteiger partial charge in [0.25, 0.3) is 0 Å². The smallest absolute Gasteiger partial charge is 0.235 e. The standard InChI is InChI=1S/C18H23N5O/c1-22-10-7-14(8-11-22)13-2-4-15(5-3-13)20-16-12-23-17(24)6-9-19-18(23)21-16/h2-5,12,14,20H,6-11H2,1H3,(H,19,21). The lowest BCUT2D eigenvalue weighted by Crippen LogP contribution is -2.29. The van der Waals surface area contributed by atoms with Crippen molar-refractivity contribution in [1.29, 1.82) is 0 Å². The van der Waals surface area contributed by atoms with E-state index in [1.807, 2.05) is 0 Å². The van der Waals surface area contributed by atoms with Crippen molar-refractivity contribution >= 4 is 23.4 Å². The van der Waals surface area contributed by atoms with Gasteiger partial charge in [-0.2, -0.15) is 4.98 Å². The number of nitrogens with one attached hydrogen (secondary N) is 2. The summed E-state index contributed by atoms with van der Waals surface area (Å²) in [4.78, 5) is 18.7. The Labute approximate surface area is 141 Å². The highest BCUT2D eigenvalue weighted by Crippen LogP contribution is 2.29. The van der Waals surface area contributed by atoms with Crippen LogP contribution in [0.5, 0.6) is 0 Å². The molecule has 0 saturated carbocycles. The molecule has 1 saturated heterocycles. The normalized spacial score (nSPS) is 19.0. The van der Waals surface area contributed by atoms with Crippen molar-refractivity contribution < 1.29 is 4.79 Å². The van der Waals surface area contributed by atoms with Crippen molar-refractivity contribution in [3.05, 3.63) is 36.0 Å². The molecule has 6 heteroatoms. The molecule has 126 valence electrons. The molecule has 6 nitrogen and oxygen atoms in total. The summed E-state index contributed by atoms with van der Waals surface area (Å²) in [6.45, 7) is 3.00. The average molecular weight is 325 g/mol. The maximum Gasteiger partial charge on any atom is 0.235 e. The van der Waals surface area contributed by atoms with Crippen molar-refractivity contribution in [3.8, 4) is 0 Å². The third kappa shape index (κ3) is 3.01. The Morgan fingerprint density at radius 3 is 2.67 bits per heavy atom. The molecule has 1 fully saturated rings. The van der Waals surface area contributed by atoms with E-state index >= 15 is 0 Å². The molecule has 1 aromatic heterocycles. The van der Waals surface area contributed by atoms with E-state index in [0.717, 1.165) is 5.69 Å². The number of anilines is 3. The summed E-state index contributed by atoms with van der Waals surface area (Å²) < 4.78 is 1.58. The molecule has 0 amide bonds. The number of aromatic nitrogens is 2. The van der Waals surface area contributed by atoms with E-state index in [0.29, 0.717) is 30.6 Å². The third-order valence-electron chi connectivity index (χ3n) is 4.97. The molecule has 2 aliphatic rings. The van der Waals surface area contributed by atoms with Gasteiger partial charge in [0.05, 0.1) is 6.20 Å². The number of nitrogens with zero attached hydrogens (tertiary/aromatic N) is 3. The molecular formula is C18H23N5O. The van der Waals surface area contributed by atoms with Crippen molar-refractivity contribution in [2.24, 2.45) is 0 Å². The monoisotopic (exact) mass is 325 g/mol. The zero-order valence-corrected chi connectivity index (χ0v) is 14.0. The van der Waals surface area contributed by atoms with E-state index in [1.165, 1.54) is 31.5 Å². The number of hydrogen-bond donors (Lipinski definition) is 2. The number of carbonyl (C=O) groups excluding carboxylic acids is 1. The lowest BCUT2D eigenvalue weighted by atomic mass is 9.89. The molecule has 0 spiro atoms. The van der Waals surface area contributed by atoms with Crippen molar-refractivity contribution in [2.45, 2.75) is 25.2 Å². The molecule has 0 unspecified atom stereocenters. The van der Waals surface area contributed by atoms with Crippen LogP contribution in [0, 0.1) is 0 Å². The molecule has 4 rings (SSSR count). The number of hydrogen-bond acceptors (Lipinski definition) is 5. The zero-order chi connectivity index (χ0) is 16.5. The van der Waals surface area contributed by atoms with Gasteiger partial charge in [-0.15, -0.1) is 0 Å². The second kappa shape index (κ2) is 6.28. The second-order valence-electron chi connectivity index (χ2n) is 6.71. The van der Waals surface area contributed by atoms with Crippen LogP contribution in [0.1, 0.15) is 35.5 Å². The van der Waals surface area contributed by atoms with Crippen LogP contribution in [0.2, 0.25) is 0 Å². The van der Waals surface area contributed by atoms with Crippen molar-refractivity contribution in [1.82, 2.24) is 14.5 Å². The topological polar surface area (TPSA) is 62.2 Å². The van der Waals surface area contributed by atoms with Crippen LogP contribution in [0.15, 0.2) is 30.5 Å². The SMILES string of the molecule is CN1CCC(c2ccc(Nc3cn4c(n3)NCCC4=O)cc2)CC1. The van der Waals surface area contributed by atoms with Gasteiger partial charge in [0, 0.05) is 18.7 Å². The molecule has 3 heterocycles. The van der Waals surface area contributed by atoms with E-state index in [2.05, 4.69) is 51.8 Å². The summed E-state index contributed by atoms with van der Waals surface area (Å²) in [5.74, 6) is 2.07. The average Bonchev–Trinajstić information content (AvgIpc) is 3.00. The van der Waals surface area contributed by atoms with Gasteiger partial charge in [0.2, 0.25) is 11.9 Å². The molecule has 1 aromatic carbocycles. The highest BCUT2D eigenvalue weighted by Gasteiger charge is 2.19. The number of carbonyl (C=O) groups is 1. The van der Waals surface area contributed by atoms with Crippen LogP contribution in [-0.2, 0) is 0 Å². The van der Waals surface area contributed by atoms with Gasteiger partial charge in [-0.1, -0.05) is 12.1 Å². The van der Waals surface area contributed by atoms with E-state index in [4.69, 9.17) is 0 Å². The minimum atomic E-state index is 0.0851. The molecule has 0 radical (unpaired) electrons. The van der Waals surface area contributed by atoms with E-state index in [-0.39, 0.29) is 5.91 Å². The summed E-state index contributed by atoms with van der Waals surface area (Å²) in [5, 5.41) is 6.43. The summed E-state index contributed by atoms with van der Waals surface area (Å²) in [5.41, 5.74) is 2.41. The maximum atomic E-state index is 11.8. The van der Waals surface area contributed by atoms with Gasteiger partial charge in [0.15, 0.2) is 5.82 Å². The second-order valence-corrected chi connectivity index (χ2v) is 6.71. The minimum absolute atomic E-state index is 0.0851. The summed E-state index contributed by atoms with van der Waals surface area (Å²) in [6.07, 6.45) is 4.72. The van der Waals surface area contributed by atoms with E-state index in [9.17, 15) is 4.79 Å². The summed E-state index contributed by atoms with van der Waals surface area (Å²) in [6, 6.07) is 8.61. The summed E-state index contributed by atoms with van der Waals surface area (Å²) in [7, 11) is 2.19. The highest BCUT2D eigenvalue weighted by molar-refractivity contribution is 5.85. The van der Waals surface area contributed by atoms with Gasteiger partial charge in [-0.25, -0.2) is 0 Å². The largest absolute Gasteiger partial charge is 0.355 e. The molecule has 2 aliphatic heterocycles. The van der Waals surface area contributed by atoms with Crippen LogP contribution in [0.4, 0.5) is 17.5 Å². The van der Waals surface area contributed by atoms with Crippen LogP contribution >= 0.6 is 0 Å². The number of benzene rings is 1. The molecule has 2 aromatic rings. The Kier molecular flexibility index (Phi) is 3.98. The van der Waals surface area contributed by atoms with Gasteiger partial charge >= 0.3 is 0 Å². The number of fused-ring (bicyclic) bond motifs is 1. The van der Waals surface area contributed by atoms with Crippen LogP contribution in [0.3, 0.4) is 0 Å². The van der Waals surface area contributed by atoms with E-state index in [1.54, 1.807) is 10.8 Å². The van der Waals surface area contributed by atoms with E-state index < -0.39 is 0 Å². The number of imidazole rings is 1.